The summed E-state index contributed by atoms with van der Waals surface area (Å²) in [6.07, 6.45) is -1.11. The fourth-order valence-electron chi connectivity index (χ4n) is 3.51. The molecule has 4 aromatic rings. The number of aryl methyl sites for hydroxylation is 1. The lowest BCUT2D eigenvalue weighted by Gasteiger charge is -2.14. The molecule has 35 heavy (non-hydrogen) atoms. The van der Waals surface area contributed by atoms with Gasteiger partial charge in [-0.2, -0.15) is 0 Å². The Morgan fingerprint density at radius 1 is 1.09 bits per heavy atom. The van der Waals surface area contributed by atoms with Crippen LogP contribution in [0.15, 0.2) is 53.9 Å². The maximum absolute atomic E-state index is 12.9. The van der Waals surface area contributed by atoms with E-state index in [1.165, 1.54) is 18.3 Å². The van der Waals surface area contributed by atoms with E-state index in [2.05, 4.69) is 15.6 Å². The predicted molar refractivity (Wildman–Crippen MR) is 132 cm³/mol. The lowest BCUT2D eigenvalue weighted by molar-refractivity contribution is -0.123. The molecule has 2 aromatic carbocycles. The number of carbonyl (C=O) groups excluding carboxylic acids is 3. The normalized spacial score (nSPS) is 11.7. The molecule has 2 heterocycles. The van der Waals surface area contributed by atoms with Crippen molar-refractivity contribution in [1.29, 1.82) is 0 Å². The number of rotatable bonds is 8. The molecule has 2 aromatic heterocycles. The van der Waals surface area contributed by atoms with Crippen molar-refractivity contribution < 1.29 is 23.9 Å². The zero-order valence-corrected chi connectivity index (χ0v) is 20.3. The Morgan fingerprint density at radius 3 is 2.57 bits per heavy atom. The number of thiophene rings is 1. The van der Waals surface area contributed by atoms with Gasteiger partial charge in [-0.3, -0.25) is 4.79 Å². The van der Waals surface area contributed by atoms with Gasteiger partial charge in [-0.25, -0.2) is 14.3 Å². The monoisotopic (exact) mass is 492 g/mol. The molecule has 1 amide bonds. The number of aromatic nitrogens is 3. The number of amides is 1. The van der Waals surface area contributed by atoms with E-state index in [1.54, 1.807) is 35.2 Å². The minimum atomic E-state index is -1.11. The number of nitrogens with one attached hydrogen (secondary N) is 1. The van der Waals surface area contributed by atoms with Crippen LogP contribution in [-0.2, 0) is 20.8 Å². The first-order valence-corrected chi connectivity index (χ1v) is 12.0. The van der Waals surface area contributed by atoms with Gasteiger partial charge in [-0.1, -0.05) is 35.5 Å². The summed E-state index contributed by atoms with van der Waals surface area (Å²) in [6.45, 7) is 5.97. The number of nitrogens with zero attached hydrogens (tertiary/aromatic N) is 3. The molecule has 0 aliphatic carbocycles. The molecular formula is C25H24N4O5S. The maximum atomic E-state index is 12.9. The Labute approximate surface area is 205 Å². The van der Waals surface area contributed by atoms with E-state index >= 15 is 0 Å². The van der Waals surface area contributed by atoms with Crippen LogP contribution in [0.1, 0.15) is 41.5 Å². The molecule has 0 fully saturated rings. The largest absolute Gasteiger partial charge is 0.462 e. The number of hydrogen-bond donors (Lipinski definition) is 1. The Bertz CT molecular complexity index is 1380. The van der Waals surface area contributed by atoms with Gasteiger partial charge in [0, 0.05) is 17.5 Å². The molecule has 1 unspecified atom stereocenters. The number of fused-ring (bicyclic) bond motifs is 1. The third-order valence-electron chi connectivity index (χ3n) is 5.29. The number of anilines is 1. The fraction of sp³-hybridized carbons (Fsp3) is 0.240. The number of carbonyl (C=O) groups is 3. The topological polar surface area (TPSA) is 112 Å². The summed E-state index contributed by atoms with van der Waals surface area (Å²) in [4.78, 5) is 38.2. The molecule has 180 valence electrons. The summed E-state index contributed by atoms with van der Waals surface area (Å²) < 4.78 is 12.3. The average molecular weight is 493 g/mol. The van der Waals surface area contributed by atoms with E-state index in [0.29, 0.717) is 22.6 Å². The van der Waals surface area contributed by atoms with E-state index < -0.39 is 23.9 Å². The minimum absolute atomic E-state index is 0.195. The molecule has 0 bridgehead atoms. The highest BCUT2D eigenvalue weighted by atomic mass is 32.1. The Morgan fingerprint density at radius 2 is 1.86 bits per heavy atom. The van der Waals surface area contributed by atoms with Crippen molar-refractivity contribution >= 4 is 45.2 Å². The molecule has 9 nitrogen and oxygen atoms in total. The highest BCUT2D eigenvalue weighted by molar-refractivity contribution is 7.15. The van der Waals surface area contributed by atoms with Gasteiger partial charge in [-0.15, -0.1) is 16.4 Å². The summed E-state index contributed by atoms with van der Waals surface area (Å²) in [6, 6.07) is 14.3. The van der Waals surface area contributed by atoms with E-state index in [9.17, 15) is 14.4 Å². The van der Waals surface area contributed by atoms with E-state index in [4.69, 9.17) is 9.47 Å². The van der Waals surface area contributed by atoms with E-state index in [0.717, 1.165) is 11.1 Å². The van der Waals surface area contributed by atoms with Gasteiger partial charge in [-0.05, 0) is 44.5 Å². The van der Waals surface area contributed by atoms with Crippen LogP contribution in [0.25, 0.3) is 22.2 Å². The van der Waals surface area contributed by atoms with Gasteiger partial charge < -0.3 is 14.8 Å². The second kappa shape index (κ2) is 10.5. The van der Waals surface area contributed by atoms with Crippen LogP contribution < -0.4 is 5.32 Å². The standard InChI is InChI=1S/C25H24N4O5S/c1-4-29-20-12-11-17(13-19(20)27-28-29)24(31)34-15(3)22(30)26-23-21(25(32)33-5-2)18(14-35-23)16-9-7-6-8-10-16/h6-15H,4-5H2,1-3H3,(H,26,30). The molecule has 0 radical (unpaired) electrons. The van der Waals surface area contributed by atoms with Gasteiger partial charge in [0.25, 0.3) is 5.91 Å². The predicted octanol–water partition coefficient (Wildman–Crippen LogP) is 4.54. The van der Waals surface area contributed by atoms with Crippen LogP contribution in [0.3, 0.4) is 0 Å². The quantitative estimate of drug-likeness (QED) is 0.359. The van der Waals surface area contributed by atoms with Crippen molar-refractivity contribution in [2.24, 2.45) is 0 Å². The van der Waals surface area contributed by atoms with Crippen molar-refractivity contribution in [3.05, 3.63) is 65.0 Å². The van der Waals surface area contributed by atoms with Crippen molar-refractivity contribution in [1.82, 2.24) is 15.0 Å². The number of ether oxygens (including phenoxy) is 2. The summed E-state index contributed by atoms with van der Waals surface area (Å²) >= 11 is 1.20. The zero-order valence-electron chi connectivity index (χ0n) is 19.5. The molecule has 0 saturated carbocycles. The maximum Gasteiger partial charge on any atom is 0.341 e. The van der Waals surface area contributed by atoms with Crippen molar-refractivity contribution in [2.75, 3.05) is 11.9 Å². The van der Waals surface area contributed by atoms with Crippen LogP contribution in [0.4, 0.5) is 5.00 Å². The Hall–Kier alpha value is -4.05. The number of hydrogen-bond acceptors (Lipinski definition) is 8. The molecule has 0 aliphatic rings. The second-order valence-electron chi connectivity index (χ2n) is 7.59. The van der Waals surface area contributed by atoms with Gasteiger partial charge in [0.15, 0.2) is 6.10 Å². The van der Waals surface area contributed by atoms with Crippen molar-refractivity contribution in [2.45, 2.75) is 33.4 Å². The van der Waals surface area contributed by atoms with Crippen LogP contribution >= 0.6 is 11.3 Å². The SMILES string of the molecule is CCOC(=O)c1c(-c2ccccc2)csc1NC(=O)C(C)OC(=O)c1ccc2c(c1)nnn2CC. The van der Waals surface area contributed by atoms with E-state index in [1.807, 2.05) is 37.3 Å². The van der Waals surface area contributed by atoms with Crippen molar-refractivity contribution in [3.63, 3.8) is 0 Å². The molecule has 0 spiro atoms. The highest BCUT2D eigenvalue weighted by Crippen LogP contribution is 2.36. The van der Waals surface area contributed by atoms with Gasteiger partial charge in [0.05, 0.1) is 17.7 Å². The molecule has 1 N–H and O–H groups in total. The lowest BCUT2D eigenvalue weighted by atomic mass is 10.0. The van der Waals surface area contributed by atoms with Gasteiger partial charge in [0.2, 0.25) is 0 Å². The fourth-order valence-corrected chi connectivity index (χ4v) is 4.47. The third kappa shape index (κ3) is 5.07. The number of esters is 2. The summed E-state index contributed by atoms with van der Waals surface area (Å²) in [5, 5.41) is 12.9. The third-order valence-corrected chi connectivity index (χ3v) is 6.19. The van der Waals surface area contributed by atoms with Gasteiger partial charge in [0.1, 0.15) is 16.1 Å². The molecule has 1 atom stereocenters. The van der Waals surface area contributed by atoms with Gasteiger partial charge >= 0.3 is 11.9 Å². The van der Waals surface area contributed by atoms with Crippen LogP contribution in [-0.4, -0.2) is 45.6 Å². The highest BCUT2D eigenvalue weighted by Gasteiger charge is 2.26. The number of benzene rings is 2. The minimum Gasteiger partial charge on any atom is -0.462 e. The lowest BCUT2D eigenvalue weighted by Crippen LogP contribution is -2.30. The molecular weight excluding hydrogens is 468 g/mol. The first kappa shape index (κ1) is 24.1. The summed E-state index contributed by atoms with van der Waals surface area (Å²) in [5.41, 5.74) is 3.36. The first-order valence-electron chi connectivity index (χ1n) is 11.1. The first-order chi connectivity index (χ1) is 16.9. The molecule has 4 rings (SSSR count). The average Bonchev–Trinajstić information content (AvgIpc) is 3.48. The summed E-state index contributed by atoms with van der Waals surface area (Å²) in [7, 11) is 0. The van der Waals surface area contributed by atoms with Crippen molar-refractivity contribution in [3.8, 4) is 11.1 Å². The zero-order chi connectivity index (χ0) is 24.9. The van der Waals surface area contributed by atoms with Crippen LogP contribution in [0.5, 0.6) is 0 Å². The Balaban J connectivity index is 1.50. The van der Waals surface area contributed by atoms with Crippen LogP contribution in [0, 0.1) is 0 Å². The summed E-state index contributed by atoms with van der Waals surface area (Å²) in [5.74, 6) is -1.77. The molecule has 10 heteroatoms. The molecule has 0 aliphatic heterocycles. The Kier molecular flexibility index (Phi) is 7.21. The molecule has 0 saturated heterocycles. The van der Waals surface area contributed by atoms with Crippen LogP contribution in [0.2, 0.25) is 0 Å². The van der Waals surface area contributed by atoms with E-state index in [-0.39, 0.29) is 17.7 Å². The second-order valence-corrected chi connectivity index (χ2v) is 8.47. The smallest absolute Gasteiger partial charge is 0.341 e.